The first-order chi connectivity index (χ1) is 15.3. The third-order valence-corrected chi connectivity index (χ3v) is 6.01. The van der Waals surface area contributed by atoms with Crippen LogP contribution in [0.2, 0.25) is 0 Å². The lowest BCUT2D eigenvalue weighted by Crippen LogP contribution is -2.36. The Morgan fingerprint density at radius 3 is 2.84 bits per heavy atom. The van der Waals surface area contributed by atoms with Gasteiger partial charge in [0.25, 0.3) is 0 Å². The van der Waals surface area contributed by atoms with Crippen molar-refractivity contribution in [1.82, 2.24) is 20.3 Å². The highest BCUT2D eigenvalue weighted by Crippen LogP contribution is 2.29. The molecule has 2 saturated heterocycles. The molecule has 0 unspecified atom stereocenters. The van der Waals surface area contributed by atoms with Crippen LogP contribution in [0.5, 0.6) is 0 Å². The van der Waals surface area contributed by atoms with E-state index in [2.05, 4.69) is 20.6 Å². The van der Waals surface area contributed by atoms with E-state index in [1.54, 1.807) is 18.5 Å². The second-order valence-corrected chi connectivity index (χ2v) is 8.14. The number of morpholine rings is 1. The van der Waals surface area contributed by atoms with Gasteiger partial charge in [0.1, 0.15) is 11.3 Å². The lowest BCUT2D eigenvalue weighted by molar-refractivity contribution is 0.122. The van der Waals surface area contributed by atoms with Crippen LogP contribution in [-0.4, -0.2) is 60.9 Å². The van der Waals surface area contributed by atoms with E-state index in [-0.39, 0.29) is 5.82 Å². The first-order valence-electron chi connectivity index (χ1n) is 11.0. The molecule has 7 nitrogen and oxygen atoms in total. The van der Waals surface area contributed by atoms with Crippen molar-refractivity contribution in [2.45, 2.75) is 12.8 Å². The molecule has 2 fully saturated rings. The van der Waals surface area contributed by atoms with Crippen molar-refractivity contribution in [2.24, 2.45) is 5.92 Å². The average molecular weight is 423 g/mol. The van der Waals surface area contributed by atoms with Crippen molar-refractivity contribution in [3.8, 4) is 11.3 Å². The zero-order valence-electron chi connectivity index (χ0n) is 17.5. The average Bonchev–Trinajstić information content (AvgIpc) is 2.83. The van der Waals surface area contributed by atoms with Crippen LogP contribution in [0.25, 0.3) is 22.3 Å². The molecule has 2 aromatic heterocycles. The molecule has 162 valence electrons. The fraction of sp³-hybridized carbons (Fsp3) is 0.435. The quantitative estimate of drug-likeness (QED) is 0.654. The van der Waals surface area contributed by atoms with Gasteiger partial charge < -0.3 is 20.3 Å². The Kier molecular flexibility index (Phi) is 5.90. The van der Waals surface area contributed by atoms with Crippen LogP contribution in [-0.2, 0) is 4.74 Å². The van der Waals surface area contributed by atoms with Crippen LogP contribution < -0.4 is 15.5 Å². The van der Waals surface area contributed by atoms with Gasteiger partial charge in [-0.25, -0.2) is 14.4 Å². The molecule has 3 aromatic rings. The third-order valence-electron chi connectivity index (χ3n) is 6.01. The second-order valence-electron chi connectivity index (χ2n) is 8.14. The van der Waals surface area contributed by atoms with E-state index in [0.29, 0.717) is 49.4 Å². The van der Waals surface area contributed by atoms with E-state index in [9.17, 15) is 4.39 Å². The maximum Gasteiger partial charge on any atom is 0.154 e. The van der Waals surface area contributed by atoms with Crippen LogP contribution >= 0.6 is 0 Å². The molecular formula is C23H27FN6O. The Bertz CT molecular complexity index is 1050. The number of rotatable bonds is 5. The van der Waals surface area contributed by atoms with E-state index >= 15 is 0 Å². The van der Waals surface area contributed by atoms with Crippen molar-refractivity contribution >= 4 is 22.5 Å². The van der Waals surface area contributed by atoms with E-state index < -0.39 is 0 Å². The molecule has 2 N–H and O–H groups in total. The van der Waals surface area contributed by atoms with Gasteiger partial charge in [0.2, 0.25) is 0 Å². The smallest absolute Gasteiger partial charge is 0.154 e. The Labute approximate surface area is 181 Å². The van der Waals surface area contributed by atoms with Crippen molar-refractivity contribution in [2.75, 3.05) is 56.2 Å². The minimum Gasteiger partial charge on any atom is -0.378 e. The molecule has 0 aliphatic carbocycles. The lowest BCUT2D eigenvalue weighted by atomic mass is 10.00. The number of halogens is 1. The molecule has 2 aliphatic heterocycles. The third kappa shape index (κ3) is 4.45. The Morgan fingerprint density at radius 2 is 2.03 bits per heavy atom. The highest BCUT2D eigenvalue weighted by Gasteiger charge is 2.18. The predicted octanol–water partition coefficient (Wildman–Crippen LogP) is 3.08. The summed E-state index contributed by atoms with van der Waals surface area (Å²) in [6.07, 6.45) is 5.73. The van der Waals surface area contributed by atoms with Crippen LogP contribution in [0.15, 0.2) is 36.7 Å². The standard InChI is InChI=1S/C23H27FN6O/c24-18-12-17(3-4-21(18)30-8-10-31-11-9-30)19-13-20-22(27-7-6-26-20)23(29-19)28-15-16-2-1-5-25-14-16/h3-4,6-7,12-13,16,25H,1-2,5,8-11,14-15H2,(H,28,29)/t16-/m1/s1. The summed E-state index contributed by atoms with van der Waals surface area (Å²) in [5, 5.41) is 6.92. The Hall–Kier alpha value is -2.84. The molecule has 0 bridgehead atoms. The van der Waals surface area contributed by atoms with Crippen LogP contribution in [0.3, 0.4) is 0 Å². The number of ether oxygens (including phenoxy) is 1. The van der Waals surface area contributed by atoms with Gasteiger partial charge in [-0.2, -0.15) is 0 Å². The van der Waals surface area contributed by atoms with Crippen LogP contribution in [0.4, 0.5) is 15.9 Å². The Morgan fingerprint density at radius 1 is 1.16 bits per heavy atom. The molecule has 0 saturated carbocycles. The van der Waals surface area contributed by atoms with Crippen LogP contribution in [0.1, 0.15) is 12.8 Å². The van der Waals surface area contributed by atoms with Gasteiger partial charge in [0.15, 0.2) is 5.82 Å². The molecule has 5 rings (SSSR count). The van der Waals surface area contributed by atoms with Gasteiger partial charge in [0.05, 0.1) is 30.1 Å². The zero-order chi connectivity index (χ0) is 21.0. The summed E-state index contributed by atoms with van der Waals surface area (Å²) in [5.41, 5.74) is 3.50. The van der Waals surface area contributed by atoms with E-state index in [1.165, 1.54) is 12.8 Å². The number of pyridine rings is 1. The molecule has 1 atom stereocenters. The van der Waals surface area contributed by atoms with Gasteiger partial charge in [-0.15, -0.1) is 0 Å². The fourth-order valence-electron chi connectivity index (χ4n) is 4.31. The topological polar surface area (TPSA) is 75.2 Å². The number of piperidine rings is 1. The van der Waals surface area contributed by atoms with Crippen molar-refractivity contribution in [3.63, 3.8) is 0 Å². The number of hydrogen-bond acceptors (Lipinski definition) is 7. The van der Waals surface area contributed by atoms with Gasteiger partial charge in [-0.05, 0) is 50.0 Å². The molecule has 8 heteroatoms. The van der Waals surface area contributed by atoms with Crippen molar-refractivity contribution in [3.05, 3.63) is 42.5 Å². The van der Waals surface area contributed by atoms with Gasteiger partial charge in [-0.3, -0.25) is 4.98 Å². The summed E-state index contributed by atoms with van der Waals surface area (Å²) in [7, 11) is 0. The summed E-state index contributed by atoms with van der Waals surface area (Å²) in [6, 6.07) is 7.19. The molecule has 0 spiro atoms. The van der Waals surface area contributed by atoms with E-state index in [1.807, 2.05) is 23.1 Å². The van der Waals surface area contributed by atoms with Gasteiger partial charge in [0, 0.05) is 37.6 Å². The molecule has 0 radical (unpaired) electrons. The van der Waals surface area contributed by atoms with E-state index in [0.717, 1.165) is 36.2 Å². The first-order valence-corrected chi connectivity index (χ1v) is 11.0. The molecule has 0 amide bonds. The second kappa shape index (κ2) is 9.11. The fourth-order valence-corrected chi connectivity index (χ4v) is 4.31. The SMILES string of the molecule is Fc1cc(-c2cc3nccnc3c(NC[C@@H]3CCCNC3)n2)ccc1N1CCOCC1. The number of nitrogens with one attached hydrogen (secondary N) is 2. The maximum absolute atomic E-state index is 15.0. The minimum atomic E-state index is -0.247. The summed E-state index contributed by atoms with van der Waals surface area (Å²) in [4.78, 5) is 15.8. The highest BCUT2D eigenvalue weighted by molar-refractivity contribution is 5.88. The first kappa shape index (κ1) is 20.1. The largest absolute Gasteiger partial charge is 0.378 e. The number of aromatic nitrogens is 3. The maximum atomic E-state index is 15.0. The van der Waals surface area contributed by atoms with Crippen molar-refractivity contribution in [1.29, 1.82) is 0 Å². The van der Waals surface area contributed by atoms with Crippen LogP contribution in [0, 0.1) is 11.7 Å². The summed E-state index contributed by atoms with van der Waals surface area (Å²) < 4.78 is 20.3. The Balaban J connectivity index is 1.44. The molecule has 1 aromatic carbocycles. The number of benzene rings is 1. The number of fused-ring (bicyclic) bond motifs is 1. The summed E-state index contributed by atoms with van der Waals surface area (Å²) in [5.74, 6) is 1.00. The lowest BCUT2D eigenvalue weighted by Gasteiger charge is -2.29. The van der Waals surface area contributed by atoms with Crippen molar-refractivity contribution < 1.29 is 9.13 Å². The summed E-state index contributed by atoms with van der Waals surface area (Å²) in [6.45, 7) is 5.55. The molecule has 4 heterocycles. The number of hydrogen-bond donors (Lipinski definition) is 2. The minimum absolute atomic E-state index is 0.247. The molecule has 31 heavy (non-hydrogen) atoms. The predicted molar refractivity (Wildman–Crippen MR) is 120 cm³/mol. The highest BCUT2D eigenvalue weighted by atomic mass is 19.1. The number of nitrogens with zero attached hydrogens (tertiary/aromatic N) is 4. The van der Waals surface area contributed by atoms with Gasteiger partial charge in [-0.1, -0.05) is 6.07 Å². The molecular weight excluding hydrogens is 395 g/mol. The monoisotopic (exact) mass is 422 g/mol. The normalized spacial score (nSPS) is 19.5. The van der Waals surface area contributed by atoms with Gasteiger partial charge >= 0.3 is 0 Å². The van der Waals surface area contributed by atoms with E-state index in [4.69, 9.17) is 9.72 Å². The molecule has 2 aliphatic rings. The number of anilines is 2. The summed E-state index contributed by atoms with van der Waals surface area (Å²) >= 11 is 0. The zero-order valence-corrected chi connectivity index (χ0v) is 17.5.